The molecule has 0 fully saturated rings. The number of para-hydroxylation sites is 2. The summed E-state index contributed by atoms with van der Waals surface area (Å²) in [5.41, 5.74) is 7.27. The molecule has 11 rings (SSSR count). The van der Waals surface area contributed by atoms with Gasteiger partial charge in [-0.15, -0.1) is 0 Å². The number of aromatic nitrogens is 3. The monoisotopic (exact) mass is 881 g/mol. The van der Waals surface area contributed by atoms with E-state index in [1.165, 1.54) is 12.1 Å². The molecule has 7 nitrogen and oxygen atoms in total. The zero-order valence-corrected chi connectivity index (χ0v) is 35.6. The van der Waals surface area contributed by atoms with Crippen LogP contribution in [0.15, 0.2) is 182 Å². The van der Waals surface area contributed by atoms with Crippen LogP contribution in [0.3, 0.4) is 0 Å². The van der Waals surface area contributed by atoms with Crippen molar-refractivity contribution in [2.75, 3.05) is 0 Å². The number of hydrogen-bond acceptors (Lipinski definition) is 5. The Morgan fingerprint density at radius 1 is 0.353 bits per heavy atom. The molecule has 0 bridgehead atoms. The molecule has 8 aromatic carbocycles. The Labute approximate surface area is 386 Å². The maximum atomic E-state index is 16.6. The van der Waals surface area contributed by atoms with Crippen molar-refractivity contribution in [2.24, 2.45) is 0 Å². The molecule has 0 aliphatic heterocycles. The molecule has 3 aromatic heterocycles. The maximum absolute atomic E-state index is 16.6. The molecule has 0 atom stereocenters. The van der Waals surface area contributed by atoms with E-state index in [9.17, 15) is 21.0 Å². The lowest BCUT2D eigenvalue weighted by atomic mass is 9.98. The first kappa shape index (κ1) is 41.0. The number of benzene rings is 8. The standard InChI is InChI=1S/C58H30F3N7/c59-58(60,61)57-55(67-51-15-6-4-11-45(51)47-27-40(17-19-53(47)67)42-23-35(31-62)21-36(24-42)32-63)29-44(50-14-8-13-49(66-50)39-9-2-1-3-10-39)30-56(57)68-52-16-7-5-12-46(52)48-28-41(18-20-54(48)68)43-25-37(33-64)22-38(26-43)34-65/h1-30H. The Balaban J connectivity index is 1.24. The molecule has 0 unspecified atom stereocenters. The van der Waals surface area contributed by atoms with Crippen molar-refractivity contribution in [2.45, 2.75) is 6.18 Å². The van der Waals surface area contributed by atoms with E-state index in [2.05, 4.69) is 24.3 Å². The number of rotatable bonds is 6. The summed E-state index contributed by atoms with van der Waals surface area (Å²) in [7, 11) is 0. The zero-order valence-electron chi connectivity index (χ0n) is 35.6. The van der Waals surface area contributed by atoms with Crippen LogP contribution in [0.4, 0.5) is 13.2 Å². The van der Waals surface area contributed by atoms with E-state index in [1.54, 1.807) is 100 Å². The zero-order chi connectivity index (χ0) is 46.7. The molecule has 10 heteroatoms. The van der Waals surface area contributed by atoms with E-state index in [-0.39, 0.29) is 11.4 Å². The topological polar surface area (TPSA) is 118 Å². The number of pyridine rings is 1. The second-order valence-electron chi connectivity index (χ2n) is 16.4. The third-order valence-electron chi connectivity index (χ3n) is 12.4. The number of hydrogen-bond donors (Lipinski definition) is 0. The van der Waals surface area contributed by atoms with Crippen molar-refractivity contribution in [3.8, 4) is 80.4 Å². The Morgan fingerprint density at radius 3 is 1.21 bits per heavy atom. The summed E-state index contributed by atoms with van der Waals surface area (Å²) in [6.07, 6.45) is -4.91. The second kappa shape index (κ2) is 16.1. The van der Waals surface area contributed by atoms with Gasteiger partial charge in [0.1, 0.15) is 5.56 Å². The van der Waals surface area contributed by atoms with Gasteiger partial charge in [0.25, 0.3) is 0 Å². The summed E-state index contributed by atoms with van der Waals surface area (Å²) in [4.78, 5) is 5.05. The van der Waals surface area contributed by atoms with Crippen LogP contribution < -0.4 is 0 Å². The maximum Gasteiger partial charge on any atom is 0.420 e. The van der Waals surface area contributed by atoms with Crippen LogP contribution in [0, 0.1) is 45.3 Å². The van der Waals surface area contributed by atoms with Gasteiger partial charge in [-0.1, -0.05) is 84.9 Å². The van der Waals surface area contributed by atoms with Crippen LogP contribution in [0.25, 0.3) is 99.8 Å². The highest BCUT2D eigenvalue weighted by molar-refractivity contribution is 6.12. The Kier molecular flexibility index (Phi) is 9.68. The third-order valence-corrected chi connectivity index (χ3v) is 12.4. The lowest BCUT2D eigenvalue weighted by Crippen LogP contribution is -2.16. The minimum atomic E-state index is -4.91. The van der Waals surface area contributed by atoms with Gasteiger partial charge in [0.05, 0.1) is 91.4 Å². The van der Waals surface area contributed by atoms with E-state index < -0.39 is 11.7 Å². The van der Waals surface area contributed by atoms with Crippen molar-refractivity contribution in [3.63, 3.8) is 0 Å². The first-order valence-corrected chi connectivity index (χ1v) is 21.4. The van der Waals surface area contributed by atoms with Gasteiger partial charge in [-0.05, 0) is 119 Å². The van der Waals surface area contributed by atoms with Gasteiger partial charge in [-0.3, -0.25) is 0 Å². The van der Waals surface area contributed by atoms with Crippen molar-refractivity contribution >= 4 is 43.6 Å². The summed E-state index contributed by atoms with van der Waals surface area (Å²) in [5.74, 6) is 0. The van der Waals surface area contributed by atoms with Crippen molar-refractivity contribution in [3.05, 3.63) is 210 Å². The number of nitriles is 4. The Bertz CT molecular complexity index is 3800. The fraction of sp³-hybridized carbons (Fsp3) is 0.0172. The second-order valence-corrected chi connectivity index (χ2v) is 16.4. The van der Waals surface area contributed by atoms with Gasteiger partial charge in [0.2, 0.25) is 0 Å². The van der Waals surface area contributed by atoms with Crippen LogP contribution in [-0.2, 0) is 6.18 Å². The molecule has 0 amide bonds. The first-order chi connectivity index (χ1) is 33.1. The van der Waals surface area contributed by atoms with Gasteiger partial charge in [-0.2, -0.15) is 34.2 Å². The van der Waals surface area contributed by atoms with Gasteiger partial charge >= 0.3 is 6.18 Å². The quantitative estimate of drug-likeness (QED) is 0.165. The van der Waals surface area contributed by atoms with E-state index in [4.69, 9.17) is 4.98 Å². The SMILES string of the molecule is N#Cc1cc(C#N)cc(-c2ccc3c(c2)c2ccccc2n3-c2cc(-c3cccc(-c4ccccc4)n3)cc(-n3c4ccccc4c4cc(-c5cc(C#N)cc(C#N)c5)ccc43)c2C(F)(F)F)c1. The minimum Gasteiger partial charge on any atom is -0.309 e. The Hall–Kier alpha value is -9.74. The molecule has 11 aromatic rings. The fourth-order valence-corrected chi connectivity index (χ4v) is 9.44. The highest BCUT2D eigenvalue weighted by atomic mass is 19.4. The number of nitrogens with zero attached hydrogens (tertiary/aromatic N) is 7. The molecular weight excluding hydrogens is 852 g/mol. The predicted octanol–water partition coefficient (Wildman–Crippen LogP) is 14.4. The van der Waals surface area contributed by atoms with Gasteiger partial charge in [-0.25, -0.2) is 4.98 Å². The third kappa shape index (κ3) is 6.86. The minimum absolute atomic E-state index is 0.117. The lowest BCUT2D eigenvalue weighted by Gasteiger charge is -2.23. The molecule has 318 valence electrons. The predicted molar refractivity (Wildman–Crippen MR) is 259 cm³/mol. The molecule has 68 heavy (non-hydrogen) atoms. The van der Waals surface area contributed by atoms with E-state index in [1.807, 2.05) is 78.9 Å². The largest absolute Gasteiger partial charge is 0.420 e. The fourth-order valence-electron chi connectivity index (χ4n) is 9.44. The number of halogens is 3. The summed E-state index contributed by atoms with van der Waals surface area (Å²) >= 11 is 0. The van der Waals surface area contributed by atoms with Crippen LogP contribution in [0.1, 0.15) is 27.8 Å². The molecule has 0 saturated heterocycles. The summed E-state index contributed by atoms with van der Waals surface area (Å²) < 4.78 is 53.2. The summed E-state index contributed by atoms with van der Waals surface area (Å²) in [6.45, 7) is 0. The molecule has 0 saturated carbocycles. The van der Waals surface area contributed by atoms with Crippen LogP contribution >= 0.6 is 0 Å². The molecular formula is C58H30F3N7. The van der Waals surface area contributed by atoms with Gasteiger partial charge < -0.3 is 9.13 Å². The average molecular weight is 882 g/mol. The van der Waals surface area contributed by atoms with Crippen LogP contribution in [0.5, 0.6) is 0 Å². The van der Waals surface area contributed by atoms with Crippen molar-refractivity contribution in [1.82, 2.24) is 14.1 Å². The molecule has 3 heterocycles. The van der Waals surface area contributed by atoms with E-state index >= 15 is 13.2 Å². The number of alkyl halides is 3. The molecule has 0 spiro atoms. The van der Waals surface area contributed by atoms with Crippen LogP contribution in [0.2, 0.25) is 0 Å². The highest BCUT2D eigenvalue weighted by Crippen LogP contribution is 2.47. The normalized spacial score (nSPS) is 11.4. The first-order valence-electron chi connectivity index (χ1n) is 21.4. The molecule has 0 radical (unpaired) electrons. The molecule has 0 aliphatic rings. The van der Waals surface area contributed by atoms with Crippen molar-refractivity contribution < 1.29 is 13.2 Å². The van der Waals surface area contributed by atoms with Gasteiger partial charge in [0.15, 0.2) is 0 Å². The molecule has 0 aliphatic carbocycles. The van der Waals surface area contributed by atoms with Gasteiger partial charge in [0, 0.05) is 32.7 Å². The molecule has 0 N–H and O–H groups in total. The van der Waals surface area contributed by atoms with E-state index in [0.29, 0.717) is 105 Å². The van der Waals surface area contributed by atoms with Crippen molar-refractivity contribution in [1.29, 1.82) is 21.0 Å². The van der Waals surface area contributed by atoms with E-state index in [0.717, 1.165) is 5.56 Å². The smallest absolute Gasteiger partial charge is 0.309 e. The summed E-state index contributed by atoms with van der Waals surface area (Å²) in [5, 5.41) is 41.8. The number of fused-ring (bicyclic) bond motifs is 6. The lowest BCUT2D eigenvalue weighted by molar-refractivity contribution is -0.137. The summed E-state index contributed by atoms with van der Waals surface area (Å²) in [6, 6.07) is 62.2. The van der Waals surface area contributed by atoms with Crippen LogP contribution in [-0.4, -0.2) is 14.1 Å². The Morgan fingerprint density at radius 2 is 0.765 bits per heavy atom. The highest BCUT2D eigenvalue weighted by Gasteiger charge is 2.39. The average Bonchev–Trinajstić information content (AvgIpc) is 3.90.